The van der Waals surface area contributed by atoms with Crippen LogP contribution >= 0.6 is 0 Å². The van der Waals surface area contributed by atoms with Crippen LogP contribution in [0.5, 0.6) is 0 Å². The number of ether oxygens (including phenoxy) is 12. The molecule has 7 N–H and O–H groups in total. The smallest absolute Gasteiger partial charge is 0.302 e. The van der Waals surface area contributed by atoms with Crippen LogP contribution in [-0.4, -0.2) is 225 Å². The number of ketones is 1. The second-order valence-electron chi connectivity index (χ2n) is 23.1. The first-order valence-corrected chi connectivity index (χ1v) is 30.4. The molecule has 0 aliphatic carbocycles. The lowest BCUT2D eigenvalue weighted by Gasteiger charge is -2.44. The van der Waals surface area contributed by atoms with Crippen LogP contribution in [0.25, 0.3) is 0 Å². The highest BCUT2D eigenvalue weighted by atomic mass is 16.7. The van der Waals surface area contributed by atoms with Crippen LogP contribution in [0, 0.1) is 35.5 Å². The van der Waals surface area contributed by atoms with Gasteiger partial charge in [0.05, 0.1) is 102 Å². The highest BCUT2D eigenvalue weighted by Gasteiger charge is 2.46. The number of carbonyl (C=O) groups excluding carboxylic acids is 11. The van der Waals surface area contributed by atoms with Gasteiger partial charge >= 0.3 is 17.9 Å². The minimum absolute atomic E-state index is 0.0114. The number of esters is 3. The average molecular weight is 1270 g/mol. The number of hydrogen-bond donors (Lipinski definition) is 7. The fraction of sp³-hybridized carbons (Fsp3) is 0.814. The number of amides is 7. The van der Waals surface area contributed by atoms with Gasteiger partial charge in [0.15, 0.2) is 18.9 Å². The molecule has 0 radical (unpaired) electrons. The van der Waals surface area contributed by atoms with E-state index in [2.05, 4.69) is 37.2 Å². The molecule has 3 aliphatic heterocycles. The highest BCUT2D eigenvalue weighted by Crippen LogP contribution is 2.34. The fourth-order valence-corrected chi connectivity index (χ4v) is 10.2. The molecule has 0 aromatic carbocycles. The van der Waals surface area contributed by atoms with Crippen LogP contribution in [0.4, 0.5) is 0 Å². The van der Waals surface area contributed by atoms with Crippen LogP contribution in [0.2, 0.25) is 0 Å². The van der Waals surface area contributed by atoms with E-state index in [4.69, 9.17) is 56.8 Å². The molecule has 89 heavy (non-hydrogen) atoms. The van der Waals surface area contributed by atoms with Crippen molar-refractivity contribution in [3.63, 3.8) is 0 Å². The normalized spacial score (nSPS) is 27.3. The second kappa shape index (κ2) is 40.0. The summed E-state index contributed by atoms with van der Waals surface area (Å²) in [6.45, 7) is 19.2. The van der Waals surface area contributed by atoms with Gasteiger partial charge in [-0.25, -0.2) is 0 Å². The molecule has 3 fully saturated rings. The van der Waals surface area contributed by atoms with E-state index >= 15 is 0 Å². The van der Waals surface area contributed by atoms with Crippen molar-refractivity contribution in [2.45, 2.75) is 177 Å². The molecule has 0 aromatic heterocycles. The van der Waals surface area contributed by atoms with Crippen molar-refractivity contribution in [1.29, 1.82) is 0 Å². The SMILES string of the molecule is CC(=O)CC(=O)NC(COCCC(=O)NCCO[C@@H]1OC(COC(C)=O)[C@H](C)[C@H](C)C1NC(C)=O)(COCCC(=O)NCCO[C@@H]1OC(COC(C)=O)[C@H](C)[C@H](C)C1NC(C)=O)COCCC(=O)NCCO[C@@H]1OC(COC(C)=O)[C@H](C)[C@H](C)C1NC(C)=O. The van der Waals surface area contributed by atoms with E-state index in [9.17, 15) is 52.7 Å². The molecule has 6 unspecified atom stereocenters. The maximum Gasteiger partial charge on any atom is 0.302 e. The largest absolute Gasteiger partial charge is 0.463 e. The fourth-order valence-electron chi connectivity index (χ4n) is 10.2. The molecule has 508 valence electrons. The molecule has 0 saturated carbocycles. The lowest BCUT2D eigenvalue weighted by atomic mass is 9.82. The third-order valence-corrected chi connectivity index (χ3v) is 15.7. The lowest BCUT2D eigenvalue weighted by Crippen LogP contribution is -2.59. The van der Waals surface area contributed by atoms with E-state index in [1.807, 2.05) is 41.5 Å². The molecular formula is C59H99N7O23. The summed E-state index contributed by atoms with van der Waals surface area (Å²) in [4.78, 5) is 136. The van der Waals surface area contributed by atoms with Gasteiger partial charge < -0.3 is 94.1 Å². The van der Waals surface area contributed by atoms with Crippen molar-refractivity contribution in [2.75, 3.05) is 98.9 Å². The van der Waals surface area contributed by atoms with Gasteiger partial charge in [0, 0.05) is 80.4 Å². The molecule has 15 atom stereocenters. The second-order valence-corrected chi connectivity index (χ2v) is 23.1. The molecule has 30 nitrogen and oxygen atoms in total. The number of carbonyl (C=O) groups is 11. The molecule has 3 aliphatic rings. The van der Waals surface area contributed by atoms with E-state index < -0.39 is 115 Å². The molecule has 30 heteroatoms. The maximum atomic E-state index is 13.4. The zero-order valence-electron chi connectivity index (χ0n) is 54.0. The molecule has 7 amide bonds. The van der Waals surface area contributed by atoms with Gasteiger partial charge in [0.1, 0.15) is 31.1 Å². The van der Waals surface area contributed by atoms with Crippen molar-refractivity contribution in [3.8, 4) is 0 Å². The van der Waals surface area contributed by atoms with Crippen LogP contribution < -0.4 is 37.2 Å². The first kappa shape index (κ1) is 77.3. The summed E-state index contributed by atoms with van der Waals surface area (Å²) in [7, 11) is 0. The first-order chi connectivity index (χ1) is 42.0. The number of nitrogens with one attached hydrogen (secondary N) is 7. The Hall–Kier alpha value is -5.99. The third kappa shape index (κ3) is 28.8. The van der Waals surface area contributed by atoms with Crippen molar-refractivity contribution in [2.24, 2.45) is 35.5 Å². The van der Waals surface area contributed by atoms with Gasteiger partial charge in [-0.05, 0) is 42.4 Å². The predicted molar refractivity (Wildman–Crippen MR) is 313 cm³/mol. The monoisotopic (exact) mass is 1270 g/mol. The summed E-state index contributed by atoms with van der Waals surface area (Å²) < 4.78 is 69.9. The van der Waals surface area contributed by atoms with Crippen LogP contribution in [0.1, 0.15) is 116 Å². The summed E-state index contributed by atoms with van der Waals surface area (Å²) in [6.07, 6.45) is -5.31. The van der Waals surface area contributed by atoms with Crippen molar-refractivity contribution in [3.05, 3.63) is 0 Å². The molecule has 0 spiro atoms. The van der Waals surface area contributed by atoms with Gasteiger partial charge in [-0.1, -0.05) is 41.5 Å². The van der Waals surface area contributed by atoms with Crippen LogP contribution in [-0.2, 0) is 110 Å². The molecular weight excluding hydrogens is 1170 g/mol. The Morgan fingerprint density at radius 3 is 0.910 bits per heavy atom. The zero-order chi connectivity index (χ0) is 66.4. The number of rotatable bonds is 39. The molecule has 0 aromatic rings. The van der Waals surface area contributed by atoms with E-state index in [1.165, 1.54) is 48.5 Å². The van der Waals surface area contributed by atoms with E-state index in [0.717, 1.165) is 0 Å². The van der Waals surface area contributed by atoms with E-state index in [-0.39, 0.29) is 171 Å². The van der Waals surface area contributed by atoms with Gasteiger partial charge in [-0.15, -0.1) is 0 Å². The Labute approximate surface area is 521 Å². The quantitative estimate of drug-likeness (QED) is 0.0179. The minimum atomic E-state index is -1.54. The predicted octanol–water partition coefficient (Wildman–Crippen LogP) is -0.366. The molecule has 3 rings (SSSR count). The molecule has 3 heterocycles. The Bertz CT molecular complexity index is 2090. The summed E-state index contributed by atoms with van der Waals surface area (Å²) >= 11 is 0. The topological polar surface area (TPSA) is 383 Å². The van der Waals surface area contributed by atoms with Crippen molar-refractivity contribution in [1.82, 2.24) is 37.2 Å². The Balaban J connectivity index is 1.66. The highest BCUT2D eigenvalue weighted by molar-refractivity contribution is 5.97. The lowest BCUT2D eigenvalue weighted by molar-refractivity contribution is -0.243. The average Bonchev–Trinajstić information content (AvgIpc) is 1.18. The van der Waals surface area contributed by atoms with Crippen molar-refractivity contribution < 1.29 is 110 Å². The first-order valence-electron chi connectivity index (χ1n) is 30.4. The van der Waals surface area contributed by atoms with E-state index in [1.54, 1.807) is 0 Å². The molecule has 3 saturated heterocycles. The summed E-state index contributed by atoms with van der Waals surface area (Å²) in [5.41, 5.74) is -1.54. The van der Waals surface area contributed by atoms with Crippen LogP contribution in [0.15, 0.2) is 0 Å². The summed E-state index contributed by atoms with van der Waals surface area (Å²) in [5, 5.41) is 19.6. The van der Waals surface area contributed by atoms with Gasteiger partial charge in [-0.2, -0.15) is 0 Å². The Morgan fingerprint density at radius 1 is 0.382 bits per heavy atom. The van der Waals surface area contributed by atoms with Gasteiger partial charge in [-0.3, -0.25) is 52.7 Å². The van der Waals surface area contributed by atoms with Gasteiger partial charge in [0.25, 0.3) is 0 Å². The van der Waals surface area contributed by atoms with Crippen molar-refractivity contribution >= 4 is 65.0 Å². The minimum Gasteiger partial charge on any atom is -0.463 e. The zero-order valence-corrected chi connectivity index (χ0v) is 54.0. The third-order valence-electron chi connectivity index (χ3n) is 15.7. The number of Topliss-reactive ketones (excluding diaryl/α,β-unsaturated/α-hetero) is 1. The summed E-state index contributed by atoms with van der Waals surface area (Å²) in [5.74, 6) is -5.48. The number of hydrogen-bond acceptors (Lipinski definition) is 23. The standard InChI is InChI=1S/C59H99N7O23/c1-33(67)26-52(77)66-59(30-78-20-14-49(74)60-17-23-81-56-53(63-40(8)68)37(5)34(2)46(87-56)27-84-43(11)71,31-79-21-15-50(75)61-18-24-82-57-54(64-41(9)69)38(6)35(3)47(88-57)28-85-44(12)72)32-80-22-16-51(76)62-19-25-83-58-55(65-42(10)70)39(7)36(4)48(89-58)29-86-45(13)73/h34-39,46-48,53-58H,14-32H2,1-13H3,(H,60,74)(H,61,75)(H,62,76)(H,63,68)(H,64,69)(H,65,70)(H,66,77)/t34-,35-,36-,37+,38+,39+,46?,47?,48?,53?,54?,55?,56-,57-,58-,59?/m1/s1. The van der Waals surface area contributed by atoms with Crippen LogP contribution in [0.3, 0.4) is 0 Å². The molecule has 0 bridgehead atoms. The maximum absolute atomic E-state index is 13.4. The van der Waals surface area contributed by atoms with Gasteiger partial charge in [0.2, 0.25) is 41.4 Å². The summed E-state index contributed by atoms with van der Waals surface area (Å²) in [6, 6.07) is -1.60. The Morgan fingerprint density at radius 2 is 0.663 bits per heavy atom. The Kier molecular flexibility index (Phi) is 34.7. The van der Waals surface area contributed by atoms with E-state index in [0.29, 0.717) is 0 Å².